The number of ether oxygens (including phenoxy) is 1. The van der Waals surface area contributed by atoms with Gasteiger partial charge in [-0.3, -0.25) is 4.79 Å². The molecule has 1 aromatic carbocycles. The van der Waals surface area contributed by atoms with E-state index < -0.39 is 0 Å². The lowest BCUT2D eigenvalue weighted by Gasteiger charge is -2.32. The second-order valence-corrected chi connectivity index (χ2v) is 4.92. The highest BCUT2D eigenvalue weighted by Gasteiger charge is 2.24. The molecule has 112 valence electrons. The van der Waals surface area contributed by atoms with Crippen LogP contribution in [0.25, 0.3) is 0 Å². The average Bonchev–Trinajstić information content (AvgIpc) is 2.53. The predicted octanol–water partition coefficient (Wildman–Crippen LogP) is 0.172. The average molecular weight is 289 g/mol. The van der Waals surface area contributed by atoms with E-state index in [1.54, 1.807) is 23.1 Å². The fourth-order valence-corrected chi connectivity index (χ4v) is 2.27. The van der Waals surface area contributed by atoms with Gasteiger partial charge in [-0.2, -0.15) is 0 Å². The van der Waals surface area contributed by atoms with Crippen molar-refractivity contribution in [3.05, 3.63) is 34.9 Å². The standard InChI is InChI=1S/C16H19NO4/c1-12-9-14(5-4-13(12)3-2-7-18)16(20)17-6-8-21-15(10-17)11-19/h4-5,9,15,18-19H,6-8,10-11H2,1H3. The molecule has 0 spiro atoms. The molecule has 2 N–H and O–H groups in total. The summed E-state index contributed by atoms with van der Waals surface area (Å²) >= 11 is 0. The number of aryl methyl sites for hydroxylation is 1. The Labute approximate surface area is 124 Å². The summed E-state index contributed by atoms with van der Waals surface area (Å²) < 4.78 is 5.34. The normalized spacial score (nSPS) is 18.0. The summed E-state index contributed by atoms with van der Waals surface area (Å²) in [6.45, 7) is 2.99. The summed E-state index contributed by atoms with van der Waals surface area (Å²) in [4.78, 5) is 14.1. The fraction of sp³-hybridized carbons (Fsp3) is 0.438. The summed E-state index contributed by atoms with van der Waals surface area (Å²) in [6, 6.07) is 5.32. The van der Waals surface area contributed by atoms with Gasteiger partial charge in [0.05, 0.1) is 19.3 Å². The van der Waals surface area contributed by atoms with Gasteiger partial charge in [0.2, 0.25) is 0 Å². The number of amides is 1. The van der Waals surface area contributed by atoms with Crippen molar-refractivity contribution in [1.29, 1.82) is 0 Å². The molecule has 0 aliphatic carbocycles. The van der Waals surface area contributed by atoms with Crippen molar-refractivity contribution in [2.45, 2.75) is 13.0 Å². The number of aliphatic hydroxyl groups is 2. The molecule has 1 unspecified atom stereocenters. The zero-order valence-electron chi connectivity index (χ0n) is 12.0. The molecule has 1 heterocycles. The predicted molar refractivity (Wildman–Crippen MR) is 77.9 cm³/mol. The van der Waals surface area contributed by atoms with Gasteiger partial charge in [0.25, 0.3) is 5.91 Å². The molecule has 1 saturated heterocycles. The number of hydrogen-bond acceptors (Lipinski definition) is 4. The van der Waals surface area contributed by atoms with E-state index in [4.69, 9.17) is 14.9 Å². The Balaban J connectivity index is 2.14. The van der Waals surface area contributed by atoms with Crippen LogP contribution in [-0.2, 0) is 4.74 Å². The molecule has 21 heavy (non-hydrogen) atoms. The Bertz CT molecular complexity index is 573. The van der Waals surface area contributed by atoms with Crippen LogP contribution >= 0.6 is 0 Å². The largest absolute Gasteiger partial charge is 0.394 e. The lowest BCUT2D eigenvalue weighted by molar-refractivity contribution is -0.0447. The van der Waals surface area contributed by atoms with E-state index in [0.717, 1.165) is 11.1 Å². The van der Waals surface area contributed by atoms with Crippen molar-refractivity contribution in [2.75, 3.05) is 32.9 Å². The topological polar surface area (TPSA) is 70.0 Å². The molecule has 1 aliphatic rings. The Kier molecular flexibility index (Phi) is 5.34. The molecular weight excluding hydrogens is 270 g/mol. The maximum absolute atomic E-state index is 12.5. The highest BCUT2D eigenvalue weighted by molar-refractivity contribution is 5.94. The quantitative estimate of drug-likeness (QED) is 0.762. The summed E-state index contributed by atoms with van der Waals surface area (Å²) in [5.41, 5.74) is 2.30. The highest BCUT2D eigenvalue weighted by Crippen LogP contribution is 2.14. The zero-order chi connectivity index (χ0) is 15.2. The molecular formula is C16H19NO4. The van der Waals surface area contributed by atoms with Crippen molar-refractivity contribution in [3.63, 3.8) is 0 Å². The van der Waals surface area contributed by atoms with Crippen LogP contribution in [0.4, 0.5) is 0 Å². The maximum Gasteiger partial charge on any atom is 0.254 e. The molecule has 1 amide bonds. The summed E-state index contributed by atoms with van der Waals surface area (Å²) in [7, 11) is 0. The number of hydrogen-bond donors (Lipinski definition) is 2. The van der Waals surface area contributed by atoms with Crippen molar-refractivity contribution in [3.8, 4) is 11.8 Å². The monoisotopic (exact) mass is 289 g/mol. The number of morpholine rings is 1. The number of nitrogens with zero attached hydrogens (tertiary/aromatic N) is 1. The number of aliphatic hydroxyl groups excluding tert-OH is 2. The Hall–Kier alpha value is -1.87. The summed E-state index contributed by atoms with van der Waals surface area (Å²) in [5.74, 6) is 5.38. The third-order valence-corrected chi connectivity index (χ3v) is 3.41. The van der Waals surface area contributed by atoms with Crippen LogP contribution in [0, 0.1) is 18.8 Å². The van der Waals surface area contributed by atoms with Gasteiger partial charge >= 0.3 is 0 Å². The third kappa shape index (κ3) is 3.82. The van der Waals surface area contributed by atoms with E-state index in [-0.39, 0.29) is 25.2 Å². The second-order valence-electron chi connectivity index (χ2n) is 4.92. The zero-order valence-corrected chi connectivity index (χ0v) is 12.0. The van der Waals surface area contributed by atoms with Crippen LogP contribution in [-0.4, -0.2) is 60.0 Å². The van der Waals surface area contributed by atoms with Crippen molar-refractivity contribution >= 4 is 5.91 Å². The first kappa shape index (κ1) is 15.5. The molecule has 2 rings (SSSR count). The fourth-order valence-electron chi connectivity index (χ4n) is 2.27. The Morgan fingerprint density at radius 3 is 2.95 bits per heavy atom. The highest BCUT2D eigenvalue weighted by atomic mass is 16.5. The van der Waals surface area contributed by atoms with Gasteiger partial charge in [0.15, 0.2) is 0 Å². The number of carbonyl (C=O) groups is 1. The van der Waals surface area contributed by atoms with E-state index in [2.05, 4.69) is 11.8 Å². The molecule has 5 nitrogen and oxygen atoms in total. The maximum atomic E-state index is 12.5. The molecule has 0 aromatic heterocycles. The lowest BCUT2D eigenvalue weighted by atomic mass is 10.0. The molecule has 0 radical (unpaired) electrons. The van der Waals surface area contributed by atoms with Gasteiger partial charge in [-0.25, -0.2) is 0 Å². The smallest absolute Gasteiger partial charge is 0.254 e. The molecule has 1 aliphatic heterocycles. The van der Waals surface area contributed by atoms with E-state index in [9.17, 15) is 4.79 Å². The summed E-state index contributed by atoms with van der Waals surface area (Å²) in [6.07, 6.45) is -0.307. The van der Waals surface area contributed by atoms with Crippen LogP contribution in [0.1, 0.15) is 21.5 Å². The first-order chi connectivity index (χ1) is 10.2. The van der Waals surface area contributed by atoms with Gasteiger partial charge in [-0.1, -0.05) is 11.8 Å². The minimum Gasteiger partial charge on any atom is -0.394 e. The Morgan fingerprint density at radius 1 is 1.48 bits per heavy atom. The first-order valence-corrected chi connectivity index (χ1v) is 6.88. The van der Waals surface area contributed by atoms with Crippen LogP contribution in [0.5, 0.6) is 0 Å². The van der Waals surface area contributed by atoms with Gasteiger partial charge in [-0.05, 0) is 30.7 Å². The second kappa shape index (κ2) is 7.23. The minimum absolute atomic E-state index is 0.0680. The molecule has 1 aromatic rings. The van der Waals surface area contributed by atoms with Gasteiger partial charge < -0.3 is 19.8 Å². The molecule has 5 heteroatoms. The van der Waals surface area contributed by atoms with E-state index >= 15 is 0 Å². The number of rotatable bonds is 2. The number of carbonyl (C=O) groups excluding carboxylic acids is 1. The van der Waals surface area contributed by atoms with E-state index in [1.165, 1.54) is 0 Å². The van der Waals surface area contributed by atoms with Gasteiger partial charge in [0, 0.05) is 24.2 Å². The first-order valence-electron chi connectivity index (χ1n) is 6.88. The molecule has 1 fully saturated rings. The van der Waals surface area contributed by atoms with E-state index in [1.807, 2.05) is 6.92 Å². The Morgan fingerprint density at radius 2 is 2.29 bits per heavy atom. The lowest BCUT2D eigenvalue weighted by Crippen LogP contribution is -2.46. The molecule has 0 bridgehead atoms. The van der Waals surface area contributed by atoms with Crippen molar-refractivity contribution in [2.24, 2.45) is 0 Å². The van der Waals surface area contributed by atoms with Gasteiger partial charge in [0.1, 0.15) is 6.61 Å². The number of benzene rings is 1. The molecule has 1 atom stereocenters. The molecule has 0 saturated carbocycles. The van der Waals surface area contributed by atoms with Crippen molar-refractivity contribution < 1.29 is 19.7 Å². The van der Waals surface area contributed by atoms with Gasteiger partial charge in [-0.15, -0.1) is 0 Å². The minimum atomic E-state index is -0.307. The van der Waals surface area contributed by atoms with E-state index in [0.29, 0.717) is 25.3 Å². The van der Waals surface area contributed by atoms with Crippen LogP contribution < -0.4 is 0 Å². The SMILES string of the molecule is Cc1cc(C(=O)N2CCOC(CO)C2)ccc1C#CCO. The van der Waals surface area contributed by atoms with Crippen LogP contribution in [0.15, 0.2) is 18.2 Å². The van der Waals surface area contributed by atoms with Crippen LogP contribution in [0.3, 0.4) is 0 Å². The van der Waals surface area contributed by atoms with Crippen molar-refractivity contribution in [1.82, 2.24) is 4.90 Å². The third-order valence-electron chi connectivity index (χ3n) is 3.41. The van der Waals surface area contributed by atoms with Crippen LogP contribution in [0.2, 0.25) is 0 Å². The summed E-state index contributed by atoms with van der Waals surface area (Å²) in [5, 5.41) is 17.8.